The third kappa shape index (κ3) is 3.22. The summed E-state index contributed by atoms with van der Waals surface area (Å²) in [6.45, 7) is 0. The number of furan rings is 1. The number of benzene rings is 1. The van der Waals surface area contributed by atoms with E-state index in [-0.39, 0.29) is 10.6 Å². The van der Waals surface area contributed by atoms with E-state index in [9.17, 15) is 4.79 Å². The lowest BCUT2D eigenvalue weighted by Gasteiger charge is -2.04. The number of hydrogen-bond donors (Lipinski definition) is 1. The number of nitrogens with zero attached hydrogens (tertiary/aromatic N) is 1. The van der Waals surface area contributed by atoms with E-state index in [1.807, 2.05) is 6.07 Å². The summed E-state index contributed by atoms with van der Waals surface area (Å²) in [6.07, 6.45) is 1.45. The van der Waals surface area contributed by atoms with Crippen LogP contribution in [-0.2, 0) is 4.74 Å². The van der Waals surface area contributed by atoms with E-state index in [1.54, 1.807) is 36.4 Å². The van der Waals surface area contributed by atoms with Gasteiger partial charge in [0.05, 0.1) is 18.2 Å². The molecule has 0 aliphatic carbocycles. The zero-order chi connectivity index (χ0) is 16.1. The van der Waals surface area contributed by atoms with Crippen molar-refractivity contribution >= 4 is 29.3 Å². The van der Waals surface area contributed by atoms with E-state index in [4.69, 9.17) is 32.4 Å². The molecule has 0 unspecified atom stereocenters. The maximum atomic E-state index is 11.8. The highest BCUT2D eigenvalue weighted by Gasteiger charge is 2.15. The molecule has 0 aliphatic rings. The Hall–Kier alpha value is -2.91. The van der Waals surface area contributed by atoms with Gasteiger partial charge in [-0.15, -0.1) is 0 Å². The van der Waals surface area contributed by atoms with Crippen molar-refractivity contribution in [3.63, 3.8) is 0 Å². The normalized spacial score (nSPS) is 10.8. The van der Waals surface area contributed by atoms with E-state index in [1.165, 1.54) is 13.2 Å². The molecular weight excluding hydrogens is 300 g/mol. The lowest BCUT2D eigenvalue weighted by Crippen LogP contribution is -2.09. The molecule has 6 heteroatoms. The van der Waals surface area contributed by atoms with Crippen LogP contribution in [0.2, 0.25) is 0 Å². The molecular formula is C16H12N2O3S. The summed E-state index contributed by atoms with van der Waals surface area (Å²) < 4.78 is 10.4. The van der Waals surface area contributed by atoms with Crippen LogP contribution in [0.3, 0.4) is 0 Å². The minimum atomic E-state index is -0.454. The Kier molecular flexibility index (Phi) is 4.71. The van der Waals surface area contributed by atoms with Crippen molar-refractivity contribution in [3.8, 4) is 17.4 Å². The second-order valence-corrected chi connectivity index (χ2v) is 4.71. The van der Waals surface area contributed by atoms with Gasteiger partial charge >= 0.3 is 5.97 Å². The molecule has 1 aromatic carbocycles. The first-order valence-electron chi connectivity index (χ1n) is 6.26. The van der Waals surface area contributed by atoms with Crippen LogP contribution in [0.1, 0.15) is 16.1 Å². The first-order chi connectivity index (χ1) is 10.6. The molecule has 0 fully saturated rings. The van der Waals surface area contributed by atoms with Gasteiger partial charge in [-0.1, -0.05) is 30.4 Å². The Morgan fingerprint density at radius 1 is 1.36 bits per heavy atom. The van der Waals surface area contributed by atoms with Gasteiger partial charge in [-0.05, 0) is 18.2 Å². The molecule has 2 aromatic rings. The molecule has 0 aliphatic heterocycles. The smallest absolute Gasteiger partial charge is 0.338 e. The average molecular weight is 312 g/mol. The van der Waals surface area contributed by atoms with E-state index in [0.29, 0.717) is 22.6 Å². The summed E-state index contributed by atoms with van der Waals surface area (Å²) in [5, 5.41) is 8.94. The molecule has 0 spiro atoms. The zero-order valence-corrected chi connectivity index (χ0v) is 12.5. The molecule has 0 saturated carbocycles. The maximum absolute atomic E-state index is 11.8. The Morgan fingerprint density at radius 3 is 2.73 bits per heavy atom. The highest BCUT2D eigenvalue weighted by molar-refractivity contribution is 7.80. The minimum Gasteiger partial charge on any atom is -0.465 e. The largest absolute Gasteiger partial charge is 0.465 e. The quantitative estimate of drug-likeness (QED) is 0.404. The molecule has 0 amide bonds. The highest BCUT2D eigenvalue weighted by atomic mass is 32.1. The Balaban J connectivity index is 2.44. The van der Waals surface area contributed by atoms with Crippen LogP contribution in [0.25, 0.3) is 17.4 Å². The lowest BCUT2D eigenvalue weighted by atomic mass is 10.1. The molecule has 0 saturated heterocycles. The average Bonchev–Trinajstić information content (AvgIpc) is 3.00. The predicted molar refractivity (Wildman–Crippen MR) is 85.9 cm³/mol. The van der Waals surface area contributed by atoms with Crippen molar-refractivity contribution in [2.75, 3.05) is 7.11 Å². The summed E-state index contributed by atoms with van der Waals surface area (Å²) in [5.41, 5.74) is 6.58. The SMILES string of the molecule is COC(=O)c1ccccc1-c1ccc(/C=C(\C#N)C(N)=S)o1. The monoisotopic (exact) mass is 312 g/mol. The number of carbonyl (C=O) groups excluding carboxylic acids is 1. The summed E-state index contributed by atoms with van der Waals surface area (Å²) in [5.74, 6) is 0.441. The number of ether oxygens (including phenoxy) is 1. The zero-order valence-electron chi connectivity index (χ0n) is 11.7. The number of rotatable bonds is 4. The maximum Gasteiger partial charge on any atom is 0.338 e. The Morgan fingerprint density at radius 2 is 2.09 bits per heavy atom. The van der Waals surface area contributed by atoms with Gasteiger partial charge in [-0.2, -0.15) is 5.26 Å². The van der Waals surface area contributed by atoms with Gasteiger partial charge in [0.15, 0.2) is 0 Å². The number of nitrogens with two attached hydrogens (primary N) is 1. The molecule has 22 heavy (non-hydrogen) atoms. The first-order valence-corrected chi connectivity index (χ1v) is 6.66. The van der Waals surface area contributed by atoms with E-state index < -0.39 is 5.97 Å². The van der Waals surface area contributed by atoms with Crippen molar-refractivity contribution < 1.29 is 13.9 Å². The second-order valence-electron chi connectivity index (χ2n) is 4.27. The fourth-order valence-electron chi connectivity index (χ4n) is 1.86. The van der Waals surface area contributed by atoms with E-state index in [2.05, 4.69) is 0 Å². The lowest BCUT2D eigenvalue weighted by molar-refractivity contribution is 0.0601. The van der Waals surface area contributed by atoms with Gasteiger partial charge in [-0.3, -0.25) is 0 Å². The van der Waals surface area contributed by atoms with Crippen LogP contribution in [0, 0.1) is 11.3 Å². The standard InChI is InChI=1S/C16H12N2O3S/c1-20-16(19)13-5-3-2-4-12(13)14-7-6-11(21-14)8-10(9-17)15(18)22/h2-8H,1H3,(H2,18,22)/b10-8+. The van der Waals surface area contributed by atoms with Crippen molar-refractivity contribution in [1.29, 1.82) is 5.26 Å². The fourth-order valence-corrected chi connectivity index (χ4v) is 1.97. The Bertz CT molecular complexity index is 800. The van der Waals surface area contributed by atoms with Crippen LogP contribution < -0.4 is 5.73 Å². The van der Waals surface area contributed by atoms with Gasteiger partial charge in [0.2, 0.25) is 0 Å². The van der Waals surface area contributed by atoms with Gasteiger partial charge in [0.1, 0.15) is 22.6 Å². The molecule has 0 bridgehead atoms. The molecule has 2 rings (SSSR count). The summed E-state index contributed by atoms with van der Waals surface area (Å²) >= 11 is 4.77. The van der Waals surface area contributed by atoms with Gasteiger partial charge in [-0.25, -0.2) is 4.79 Å². The van der Waals surface area contributed by atoms with Gasteiger partial charge in [0.25, 0.3) is 0 Å². The van der Waals surface area contributed by atoms with Crippen molar-refractivity contribution in [2.24, 2.45) is 5.73 Å². The van der Waals surface area contributed by atoms with Crippen LogP contribution in [0.15, 0.2) is 46.4 Å². The summed E-state index contributed by atoms with van der Waals surface area (Å²) in [7, 11) is 1.32. The number of thiocarbonyl (C=S) groups is 1. The molecule has 5 nitrogen and oxygen atoms in total. The van der Waals surface area contributed by atoms with E-state index >= 15 is 0 Å². The fraction of sp³-hybridized carbons (Fsp3) is 0.0625. The summed E-state index contributed by atoms with van der Waals surface area (Å²) in [6, 6.07) is 12.2. The molecule has 2 N–H and O–H groups in total. The molecule has 1 heterocycles. The molecule has 0 atom stereocenters. The number of esters is 1. The van der Waals surface area contributed by atoms with Gasteiger partial charge in [0, 0.05) is 11.6 Å². The van der Waals surface area contributed by atoms with E-state index in [0.717, 1.165) is 0 Å². The van der Waals surface area contributed by atoms with Gasteiger partial charge < -0.3 is 14.9 Å². The summed E-state index contributed by atoms with van der Waals surface area (Å²) in [4.78, 5) is 11.8. The molecule has 110 valence electrons. The van der Waals surface area contributed by atoms with Crippen LogP contribution in [0.4, 0.5) is 0 Å². The van der Waals surface area contributed by atoms with Crippen LogP contribution in [0.5, 0.6) is 0 Å². The first kappa shape index (κ1) is 15.5. The topological polar surface area (TPSA) is 89.2 Å². The third-order valence-corrected chi connectivity index (χ3v) is 3.12. The number of nitriles is 1. The molecule has 0 radical (unpaired) electrons. The third-order valence-electron chi connectivity index (χ3n) is 2.90. The van der Waals surface area contributed by atoms with Crippen molar-refractivity contribution in [3.05, 3.63) is 53.3 Å². The number of carbonyl (C=O) groups is 1. The Labute approximate surface area is 132 Å². The van der Waals surface area contributed by atoms with Crippen LogP contribution >= 0.6 is 12.2 Å². The highest BCUT2D eigenvalue weighted by Crippen LogP contribution is 2.27. The second kappa shape index (κ2) is 6.70. The minimum absolute atomic E-state index is 0.00425. The molecule has 1 aromatic heterocycles. The predicted octanol–water partition coefficient (Wildman–Crippen LogP) is 2.93. The van der Waals surface area contributed by atoms with Crippen molar-refractivity contribution in [2.45, 2.75) is 0 Å². The number of methoxy groups -OCH3 is 1. The number of hydrogen-bond acceptors (Lipinski definition) is 5. The van der Waals surface area contributed by atoms with Crippen molar-refractivity contribution in [1.82, 2.24) is 0 Å². The van der Waals surface area contributed by atoms with Crippen LogP contribution in [-0.4, -0.2) is 18.1 Å².